The Labute approximate surface area is 153 Å². The fourth-order valence-electron chi connectivity index (χ4n) is 2.70. The van der Waals surface area contributed by atoms with Gasteiger partial charge in [-0.3, -0.25) is 6.08 Å². The van der Waals surface area contributed by atoms with Crippen LogP contribution in [0.25, 0.3) is 0 Å². The van der Waals surface area contributed by atoms with Crippen molar-refractivity contribution in [3.8, 4) is 0 Å². The average molecular weight is 374 g/mol. The molecule has 0 heterocycles. The summed E-state index contributed by atoms with van der Waals surface area (Å²) in [6.07, 6.45) is 11.4. The Bertz CT molecular complexity index is 314. The van der Waals surface area contributed by atoms with Crippen LogP contribution in [0.3, 0.4) is 0 Å². The average Bonchev–Trinajstić information content (AvgIpc) is 2.62. The van der Waals surface area contributed by atoms with Crippen LogP contribution in [0, 0.1) is 12.0 Å². The monoisotopic (exact) mass is 372 g/mol. The summed E-state index contributed by atoms with van der Waals surface area (Å²) >= 11 is 0. The van der Waals surface area contributed by atoms with Gasteiger partial charge in [0.05, 0.1) is 0 Å². The van der Waals surface area contributed by atoms with Crippen molar-refractivity contribution in [3.05, 3.63) is 23.3 Å². The zero-order chi connectivity index (χ0) is 10.9. The molecule has 2 aliphatic carbocycles. The largest absolute Gasteiger partial charge is 4.00 e. The predicted molar refractivity (Wildman–Crippen MR) is 69.6 cm³/mol. The molecule has 2 aliphatic rings. The molecule has 19 heavy (non-hydrogen) atoms. The molecule has 0 radical (unpaired) electrons. The van der Waals surface area contributed by atoms with Crippen LogP contribution in [0.4, 0.5) is 0 Å². The molecule has 1 unspecified atom stereocenters. The first kappa shape index (κ1) is 25.2. The summed E-state index contributed by atoms with van der Waals surface area (Å²) in [5, 5.41) is 0. The first-order valence-corrected chi connectivity index (χ1v) is 9.85. The zero-order valence-electron chi connectivity index (χ0n) is 12.0. The molecule has 5 heteroatoms. The molecule has 0 N–H and O–H groups in total. The van der Waals surface area contributed by atoms with Gasteiger partial charge in [0.15, 0.2) is 0 Å². The van der Waals surface area contributed by atoms with Crippen molar-refractivity contribution in [3.63, 3.8) is 0 Å². The van der Waals surface area contributed by atoms with Crippen molar-refractivity contribution in [2.75, 3.05) is 0 Å². The van der Waals surface area contributed by atoms with Crippen LogP contribution in [0.2, 0.25) is 25.2 Å². The number of hydrogen-bond acceptors (Lipinski definition) is 0. The van der Waals surface area contributed by atoms with Gasteiger partial charge in [-0.2, -0.15) is 11.1 Å². The molecule has 0 fully saturated rings. The maximum absolute atomic E-state index is 3.62. The molecule has 1 atom stereocenters. The molecule has 0 spiro atoms. The molecule has 0 aromatic rings. The van der Waals surface area contributed by atoms with Gasteiger partial charge in [-0.25, -0.2) is 6.08 Å². The van der Waals surface area contributed by atoms with E-state index in [1.807, 2.05) is 0 Å². The number of halogens is 3. The fourth-order valence-corrected chi connectivity index (χ4v) is 4.45. The minimum Gasteiger partial charge on any atom is -1.00 e. The Hall–Kier alpha value is 1.28. The molecular weight excluding hydrogens is 350 g/mol. The van der Waals surface area contributed by atoms with E-state index < -0.39 is 8.07 Å². The Kier molecular flexibility index (Phi) is 14.5. The van der Waals surface area contributed by atoms with Crippen LogP contribution in [0.5, 0.6) is 0 Å². The minimum atomic E-state index is -0.935. The molecule has 0 saturated carbocycles. The third kappa shape index (κ3) is 6.72. The molecule has 0 aliphatic heterocycles. The van der Waals surface area contributed by atoms with Crippen LogP contribution in [0.1, 0.15) is 32.6 Å². The number of hydrogen-bond donors (Lipinski definition) is 0. The van der Waals surface area contributed by atoms with Gasteiger partial charge in [-0.15, -0.1) is 0 Å². The van der Waals surface area contributed by atoms with E-state index in [1.54, 1.807) is 11.1 Å². The molecule has 0 amide bonds. The summed E-state index contributed by atoms with van der Waals surface area (Å²) in [7, 11) is -0.935. The van der Waals surface area contributed by atoms with Gasteiger partial charge < -0.3 is 37.2 Å². The second kappa shape index (κ2) is 10.9. The Morgan fingerprint density at radius 1 is 1.16 bits per heavy atom. The molecule has 0 nitrogen and oxygen atoms in total. The molecule has 0 aromatic heterocycles. The smallest absolute Gasteiger partial charge is 1.00 e. The van der Waals surface area contributed by atoms with Crippen molar-refractivity contribution in [1.29, 1.82) is 0 Å². The summed E-state index contributed by atoms with van der Waals surface area (Å²) in [4.78, 5) is 0. The van der Waals surface area contributed by atoms with Crippen LogP contribution >= 0.6 is 0 Å². The van der Waals surface area contributed by atoms with E-state index in [9.17, 15) is 0 Å². The maximum atomic E-state index is 3.62. The zero-order valence-corrected chi connectivity index (χ0v) is 16.9. The first-order valence-electron chi connectivity index (χ1n) is 6.43. The second-order valence-corrected chi connectivity index (χ2v) is 11.3. The van der Waals surface area contributed by atoms with E-state index in [0.29, 0.717) is 5.92 Å². The predicted octanol–water partition coefficient (Wildman–Crippen LogP) is -4.42. The van der Waals surface area contributed by atoms with Gasteiger partial charge in [-0.1, -0.05) is 57.3 Å². The van der Waals surface area contributed by atoms with E-state index in [0.717, 1.165) is 0 Å². The summed E-state index contributed by atoms with van der Waals surface area (Å²) < 4.78 is 0. The third-order valence-electron chi connectivity index (χ3n) is 4.15. The quantitative estimate of drug-likeness (QED) is 0.346. The Morgan fingerprint density at radius 3 is 2.32 bits per heavy atom. The van der Waals surface area contributed by atoms with E-state index in [-0.39, 0.29) is 58.9 Å². The molecular formula is C14H23Cl3SiTi. The summed E-state index contributed by atoms with van der Waals surface area (Å²) in [6.45, 7) is 7.41. The molecule has 2 rings (SSSR count). The van der Waals surface area contributed by atoms with Gasteiger partial charge in [0.1, 0.15) is 0 Å². The van der Waals surface area contributed by atoms with Gasteiger partial charge in [0.2, 0.25) is 0 Å². The van der Waals surface area contributed by atoms with E-state index in [2.05, 4.69) is 32.2 Å². The topological polar surface area (TPSA) is 0 Å². The van der Waals surface area contributed by atoms with Crippen molar-refractivity contribution < 1.29 is 58.9 Å². The molecule has 0 bridgehead atoms. The molecule has 0 aromatic carbocycles. The Balaban J connectivity index is -0.000000640. The van der Waals surface area contributed by atoms with Crippen molar-refractivity contribution in [2.45, 2.75) is 57.8 Å². The molecule has 0 saturated heterocycles. The Morgan fingerprint density at radius 2 is 1.74 bits per heavy atom. The maximum Gasteiger partial charge on any atom is 4.00 e. The van der Waals surface area contributed by atoms with Gasteiger partial charge in [-0.05, 0) is 6.42 Å². The van der Waals surface area contributed by atoms with Crippen LogP contribution in [-0.2, 0) is 21.7 Å². The van der Waals surface area contributed by atoms with E-state index in [4.69, 9.17) is 0 Å². The standard InChI is InChI=1S/C14H23Si.3ClH.Ti/c1-4-15(2,3)11-13-10-9-12-7-5-6-8-14(12)13;;;;/h9,13H,4-8,11H2,1-3H3;3*1H;/q-1;;;;+4/p-3. The van der Waals surface area contributed by atoms with E-state index in [1.165, 1.54) is 37.8 Å². The van der Waals surface area contributed by atoms with Gasteiger partial charge >= 0.3 is 21.7 Å². The summed E-state index contributed by atoms with van der Waals surface area (Å²) in [6, 6.07) is 2.84. The normalized spacial score (nSPS) is 20.5. The van der Waals surface area contributed by atoms with Crippen molar-refractivity contribution in [1.82, 2.24) is 0 Å². The van der Waals surface area contributed by atoms with Crippen LogP contribution < -0.4 is 37.2 Å². The van der Waals surface area contributed by atoms with Crippen LogP contribution in [-0.4, -0.2) is 8.07 Å². The fraction of sp³-hybridized carbons (Fsp3) is 0.714. The third-order valence-corrected chi connectivity index (χ3v) is 7.58. The van der Waals surface area contributed by atoms with E-state index >= 15 is 0 Å². The van der Waals surface area contributed by atoms with Gasteiger partial charge in [0.25, 0.3) is 0 Å². The second-order valence-electron chi connectivity index (χ2n) is 5.84. The van der Waals surface area contributed by atoms with Crippen LogP contribution in [0.15, 0.2) is 17.2 Å². The SMILES string of the molecule is CC[Si](C)(C)CC1[C-]=CC2=C1CCCC2.[Cl-].[Cl-].[Cl-].[Ti+4]. The summed E-state index contributed by atoms with van der Waals surface area (Å²) in [5.41, 5.74) is 3.41. The number of allylic oxidation sites excluding steroid dienone is 4. The molecule has 108 valence electrons. The van der Waals surface area contributed by atoms with Gasteiger partial charge in [0, 0.05) is 8.07 Å². The van der Waals surface area contributed by atoms with Crippen molar-refractivity contribution >= 4 is 8.07 Å². The minimum absolute atomic E-state index is 0. The summed E-state index contributed by atoms with van der Waals surface area (Å²) in [5.74, 6) is 0.710. The first-order chi connectivity index (χ1) is 7.12. The number of rotatable bonds is 3. The van der Waals surface area contributed by atoms with Crippen molar-refractivity contribution in [2.24, 2.45) is 5.92 Å².